The van der Waals surface area contributed by atoms with Crippen molar-refractivity contribution in [2.75, 3.05) is 18.8 Å². The Labute approximate surface area is 97.4 Å². The van der Waals surface area contributed by atoms with E-state index in [0.29, 0.717) is 10.8 Å². The molecule has 1 aliphatic heterocycles. The van der Waals surface area contributed by atoms with Gasteiger partial charge in [0.15, 0.2) is 0 Å². The Kier molecular flexibility index (Phi) is 3.63. The third-order valence-corrected chi connectivity index (χ3v) is 4.92. The average molecular weight is 229 g/mol. The molecule has 2 fully saturated rings. The van der Waals surface area contributed by atoms with Crippen molar-refractivity contribution < 1.29 is 5.11 Å². The molecule has 0 spiro atoms. The minimum atomic E-state index is -0.0716. The zero-order chi connectivity index (χ0) is 10.9. The maximum atomic E-state index is 10.0. The van der Waals surface area contributed by atoms with E-state index in [1.807, 2.05) is 0 Å². The molecule has 3 heteroatoms. The van der Waals surface area contributed by atoms with E-state index in [0.717, 1.165) is 19.5 Å². The molecule has 1 heterocycles. The van der Waals surface area contributed by atoms with E-state index in [1.54, 1.807) is 0 Å². The van der Waals surface area contributed by atoms with Crippen LogP contribution in [0.1, 0.15) is 39.5 Å². The molecule has 1 N–H and O–H groups in total. The molecule has 1 saturated carbocycles. The van der Waals surface area contributed by atoms with Crippen LogP contribution in [0.4, 0.5) is 0 Å². The van der Waals surface area contributed by atoms with Crippen LogP contribution in [0, 0.1) is 0 Å². The van der Waals surface area contributed by atoms with Crippen LogP contribution in [0.25, 0.3) is 0 Å². The maximum Gasteiger partial charge on any atom is 0.0695 e. The van der Waals surface area contributed by atoms with Gasteiger partial charge in [0.2, 0.25) is 0 Å². The van der Waals surface area contributed by atoms with Crippen molar-refractivity contribution in [2.45, 2.75) is 56.4 Å². The van der Waals surface area contributed by atoms with Crippen molar-refractivity contribution in [1.82, 2.24) is 4.90 Å². The van der Waals surface area contributed by atoms with E-state index in [2.05, 4.69) is 30.5 Å². The average Bonchev–Trinajstić information content (AvgIpc) is 2.17. The Morgan fingerprint density at radius 2 is 2.00 bits per heavy atom. The summed E-state index contributed by atoms with van der Waals surface area (Å²) in [5, 5.41) is 10.0. The molecule has 0 unspecified atom stereocenters. The van der Waals surface area contributed by atoms with E-state index in [9.17, 15) is 5.11 Å². The van der Waals surface area contributed by atoms with Gasteiger partial charge in [-0.15, -0.1) is 0 Å². The molecular formula is C12H23NOS. The molecule has 0 amide bonds. The highest BCUT2D eigenvalue weighted by Crippen LogP contribution is 2.33. The first kappa shape index (κ1) is 11.7. The van der Waals surface area contributed by atoms with Gasteiger partial charge in [-0.05, 0) is 26.7 Å². The zero-order valence-corrected chi connectivity index (χ0v) is 10.7. The van der Waals surface area contributed by atoms with Crippen LogP contribution >= 0.6 is 11.8 Å². The summed E-state index contributed by atoms with van der Waals surface area (Å²) in [7, 11) is 0. The number of aliphatic hydroxyl groups excluding tert-OH is 1. The molecule has 0 radical (unpaired) electrons. The van der Waals surface area contributed by atoms with Crippen LogP contribution < -0.4 is 0 Å². The molecule has 0 bridgehead atoms. The quantitative estimate of drug-likeness (QED) is 0.745. The van der Waals surface area contributed by atoms with Crippen molar-refractivity contribution in [2.24, 2.45) is 0 Å². The largest absolute Gasteiger partial charge is 0.391 e. The van der Waals surface area contributed by atoms with E-state index < -0.39 is 0 Å². The molecule has 1 aliphatic carbocycles. The van der Waals surface area contributed by atoms with Crippen LogP contribution in [-0.2, 0) is 0 Å². The Hall–Kier alpha value is 0.270. The van der Waals surface area contributed by atoms with Gasteiger partial charge in [-0.25, -0.2) is 0 Å². The zero-order valence-electron chi connectivity index (χ0n) is 9.91. The van der Waals surface area contributed by atoms with Gasteiger partial charge < -0.3 is 5.11 Å². The van der Waals surface area contributed by atoms with E-state index >= 15 is 0 Å². The number of thioether (sulfide) groups is 1. The Bertz CT molecular complexity index is 220. The lowest BCUT2D eigenvalue weighted by atomic mass is 9.91. The van der Waals surface area contributed by atoms with Crippen LogP contribution in [0.5, 0.6) is 0 Å². The topological polar surface area (TPSA) is 23.5 Å². The fourth-order valence-electron chi connectivity index (χ4n) is 2.85. The van der Waals surface area contributed by atoms with Gasteiger partial charge in [0.05, 0.1) is 6.10 Å². The van der Waals surface area contributed by atoms with Crippen LogP contribution in [0.2, 0.25) is 0 Å². The van der Waals surface area contributed by atoms with Gasteiger partial charge in [0.25, 0.3) is 0 Å². The minimum absolute atomic E-state index is 0.0716. The normalized spacial score (nSPS) is 37.8. The minimum Gasteiger partial charge on any atom is -0.391 e. The van der Waals surface area contributed by atoms with Crippen molar-refractivity contribution in [3.8, 4) is 0 Å². The number of hydrogen-bond donors (Lipinski definition) is 1. The van der Waals surface area contributed by atoms with Gasteiger partial charge in [-0.2, -0.15) is 11.8 Å². The Balaban J connectivity index is 1.96. The summed E-state index contributed by atoms with van der Waals surface area (Å²) in [6.45, 7) is 6.94. The fourth-order valence-corrected chi connectivity index (χ4v) is 3.99. The SMILES string of the molecule is CC1(C)CN([C@H]2CCCC[C@@H]2O)CCS1. The predicted molar refractivity (Wildman–Crippen MR) is 66.4 cm³/mol. The van der Waals surface area contributed by atoms with Crippen molar-refractivity contribution in [3.05, 3.63) is 0 Å². The van der Waals surface area contributed by atoms with Gasteiger partial charge in [-0.1, -0.05) is 12.8 Å². The summed E-state index contributed by atoms with van der Waals surface area (Å²) < 4.78 is 0.370. The molecule has 0 aromatic heterocycles. The number of hydrogen-bond acceptors (Lipinski definition) is 3. The molecule has 88 valence electrons. The van der Waals surface area contributed by atoms with Gasteiger partial charge in [0, 0.05) is 29.6 Å². The molecule has 0 aromatic carbocycles. The van der Waals surface area contributed by atoms with Gasteiger partial charge >= 0.3 is 0 Å². The molecule has 2 aliphatic rings. The van der Waals surface area contributed by atoms with Crippen molar-refractivity contribution >= 4 is 11.8 Å². The summed E-state index contributed by atoms with van der Waals surface area (Å²) in [6, 6.07) is 0.443. The Morgan fingerprint density at radius 1 is 1.27 bits per heavy atom. The molecule has 2 nitrogen and oxygen atoms in total. The first-order valence-corrected chi connectivity index (χ1v) is 7.13. The van der Waals surface area contributed by atoms with E-state index in [1.165, 1.54) is 25.0 Å². The second-order valence-electron chi connectivity index (χ2n) is 5.50. The van der Waals surface area contributed by atoms with E-state index in [4.69, 9.17) is 0 Å². The van der Waals surface area contributed by atoms with Gasteiger partial charge in [0.1, 0.15) is 0 Å². The highest BCUT2D eigenvalue weighted by Gasteiger charge is 2.34. The first-order chi connectivity index (χ1) is 7.08. The van der Waals surface area contributed by atoms with Crippen molar-refractivity contribution in [1.29, 1.82) is 0 Å². The van der Waals surface area contributed by atoms with E-state index in [-0.39, 0.29) is 6.10 Å². The molecule has 1 saturated heterocycles. The summed E-state index contributed by atoms with van der Waals surface area (Å²) in [6.07, 6.45) is 4.64. The van der Waals surface area contributed by atoms with Crippen LogP contribution in [-0.4, -0.2) is 45.7 Å². The second-order valence-corrected chi connectivity index (χ2v) is 7.30. The standard InChI is InChI=1S/C12H23NOS/c1-12(2)9-13(7-8-15-12)10-5-3-4-6-11(10)14/h10-11,14H,3-9H2,1-2H3/t10-,11-/m0/s1. The molecule has 15 heavy (non-hydrogen) atoms. The lowest BCUT2D eigenvalue weighted by Crippen LogP contribution is -2.53. The third-order valence-electron chi connectivity index (χ3n) is 3.62. The Morgan fingerprint density at radius 3 is 2.67 bits per heavy atom. The summed E-state index contributed by atoms with van der Waals surface area (Å²) >= 11 is 2.07. The lowest BCUT2D eigenvalue weighted by Gasteiger charge is -2.44. The number of nitrogens with zero attached hydrogens (tertiary/aromatic N) is 1. The summed E-state index contributed by atoms with van der Waals surface area (Å²) in [5.74, 6) is 1.22. The lowest BCUT2D eigenvalue weighted by molar-refractivity contribution is 0.0178. The molecular weight excluding hydrogens is 206 g/mol. The highest BCUT2D eigenvalue weighted by atomic mass is 32.2. The van der Waals surface area contributed by atoms with Crippen LogP contribution in [0.3, 0.4) is 0 Å². The highest BCUT2D eigenvalue weighted by molar-refractivity contribution is 8.00. The number of rotatable bonds is 1. The monoisotopic (exact) mass is 229 g/mol. The summed E-state index contributed by atoms with van der Waals surface area (Å²) in [4.78, 5) is 2.53. The summed E-state index contributed by atoms with van der Waals surface area (Å²) in [5.41, 5.74) is 0. The maximum absolute atomic E-state index is 10.0. The second kappa shape index (κ2) is 4.64. The smallest absolute Gasteiger partial charge is 0.0695 e. The molecule has 2 rings (SSSR count). The fraction of sp³-hybridized carbons (Fsp3) is 1.00. The van der Waals surface area contributed by atoms with Gasteiger partial charge in [-0.3, -0.25) is 4.90 Å². The van der Waals surface area contributed by atoms with Crippen LogP contribution in [0.15, 0.2) is 0 Å². The predicted octanol–water partition coefficient (Wildman–Crippen LogP) is 2.12. The first-order valence-electron chi connectivity index (χ1n) is 6.15. The molecule has 0 aromatic rings. The molecule has 2 atom stereocenters. The number of aliphatic hydroxyl groups is 1. The third kappa shape index (κ3) is 2.89. The van der Waals surface area contributed by atoms with Crippen molar-refractivity contribution in [3.63, 3.8) is 0 Å².